The van der Waals surface area contributed by atoms with Crippen LogP contribution in [0.1, 0.15) is 143 Å². The maximum Gasteiger partial charge on any atom is 0.327 e. The second-order valence-corrected chi connectivity index (χ2v) is 20.3. The van der Waals surface area contributed by atoms with Crippen LogP contribution in [-0.2, 0) is 44.7 Å². The van der Waals surface area contributed by atoms with Crippen molar-refractivity contribution in [2.75, 3.05) is 13.2 Å². The van der Waals surface area contributed by atoms with Gasteiger partial charge in [0.15, 0.2) is 11.8 Å². The van der Waals surface area contributed by atoms with Gasteiger partial charge in [-0.3, -0.25) is 19.2 Å². The number of epoxide rings is 1. The number of fused-ring (bicyclic) bond motifs is 6. The number of amides is 2. The third-order valence-corrected chi connectivity index (χ3v) is 15.5. The van der Waals surface area contributed by atoms with E-state index in [1.807, 2.05) is 0 Å². The van der Waals surface area contributed by atoms with E-state index in [1.165, 1.54) is 25.3 Å². The fourth-order valence-corrected chi connectivity index (χ4v) is 12.0. The van der Waals surface area contributed by atoms with Gasteiger partial charge in [-0.05, 0) is 87.2 Å². The molecular formula is C48H71N3O10. The molecule has 1 aromatic rings. The minimum Gasteiger partial charge on any atom is -0.458 e. The summed E-state index contributed by atoms with van der Waals surface area (Å²) in [6.45, 7) is 12.7. The highest BCUT2D eigenvalue weighted by Crippen LogP contribution is 2.61. The monoisotopic (exact) mass is 850 g/mol. The Morgan fingerprint density at radius 3 is 2.33 bits per heavy atom. The average Bonchev–Trinajstić information content (AvgIpc) is 3.50. The van der Waals surface area contributed by atoms with Crippen molar-refractivity contribution in [2.24, 2.45) is 22.7 Å². The van der Waals surface area contributed by atoms with Crippen molar-refractivity contribution in [3.63, 3.8) is 0 Å². The number of hydroxylamine groups is 2. The average molecular weight is 850 g/mol. The summed E-state index contributed by atoms with van der Waals surface area (Å²) in [5, 5.41) is 27.0. The van der Waals surface area contributed by atoms with Crippen molar-refractivity contribution in [2.45, 2.75) is 198 Å². The number of rotatable bonds is 17. The van der Waals surface area contributed by atoms with E-state index in [2.05, 4.69) is 75.6 Å². The molecule has 0 spiro atoms. The molecule has 4 N–H and O–H groups in total. The topological polar surface area (TPSA) is 168 Å². The third kappa shape index (κ3) is 8.46. The minimum atomic E-state index is -1.52. The zero-order valence-electron chi connectivity index (χ0n) is 37.3. The summed E-state index contributed by atoms with van der Waals surface area (Å²) in [7, 11) is 0. The van der Waals surface area contributed by atoms with Crippen LogP contribution in [0.3, 0.4) is 0 Å². The fourth-order valence-electron chi connectivity index (χ4n) is 12.0. The Balaban J connectivity index is 1.08. The molecule has 13 nitrogen and oxygen atoms in total. The molecule has 12 atom stereocenters. The Labute approximate surface area is 361 Å². The molecule has 0 radical (unpaired) electrons. The highest BCUT2D eigenvalue weighted by molar-refractivity contribution is 5.96. The Bertz CT molecular complexity index is 1790. The summed E-state index contributed by atoms with van der Waals surface area (Å²) in [6.07, 6.45) is 11.3. The minimum absolute atomic E-state index is 0.0332. The van der Waals surface area contributed by atoms with Crippen LogP contribution in [0.5, 0.6) is 0 Å². The number of nitrogens with zero attached hydrogens (tertiary/aromatic N) is 1. The quantitative estimate of drug-likeness (QED) is 0.0840. The van der Waals surface area contributed by atoms with E-state index in [4.69, 9.17) is 23.8 Å². The number of esters is 1. The van der Waals surface area contributed by atoms with Crippen LogP contribution < -0.4 is 10.6 Å². The van der Waals surface area contributed by atoms with Crippen LogP contribution in [0, 0.1) is 22.7 Å². The molecule has 13 heteroatoms. The largest absolute Gasteiger partial charge is 0.458 e. The number of aliphatic hydroxyl groups is 2. The number of carbonyl (C=O) groups excluding carboxylic acids is 3. The zero-order chi connectivity index (χ0) is 43.3. The fraction of sp³-hybridized carbons (Fsp3) is 0.771. The highest BCUT2D eigenvalue weighted by atomic mass is 16.8. The molecule has 1 aromatic carbocycles. The number of carbonyl (C=O) groups is 3. The molecule has 338 valence electrons. The van der Waals surface area contributed by atoms with Gasteiger partial charge in [0.25, 0.3) is 0 Å². The second-order valence-electron chi connectivity index (χ2n) is 20.3. The van der Waals surface area contributed by atoms with Crippen LogP contribution in [0.15, 0.2) is 29.8 Å². The van der Waals surface area contributed by atoms with Crippen LogP contribution in [0.2, 0.25) is 0 Å². The standard InChI is InChI=1S/C48H71N3O10/c1-7-9-11-20-47(21-12-10-8-2)59-38-35-27-48(44(56)50-37(29(3)53)42(54)49-23-24-52)40(43(55)57-35)51(61-41(48)39(38)60-47)28-31-15-13-30(14-16-31)25-32-17-18-36-46(6,58-36)22-19-34-33(32)26-45(34,4)5/h13-16,25,29,33-41,52-53H,7-12,17-24,26-28H2,1-6H3,(H,49,54)(H,50,56)/t29-,33+,34+,35+,36?,37+,38-,39-,40+,41+,46+,48+/m0/s1. The first-order valence-electron chi connectivity index (χ1n) is 23.5. The predicted molar refractivity (Wildman–Crippen MR) is 227 cm³/mol. The predicted octanol–water partition coefficient (Wildman–Crippen LogP) is 5.88. The molecule has 61 heavy (non-hydrogen) atoms. The zero-order valence-corrected chi connectivity index (χ0v) is 37.3. The molecule has 1 unspecified atom stereocenters. The molecule has 7 aliphatic rings. The van der Waals surface area contributed by atoms with Gasteiger partial charge in [0.2, 0.25) is 11.8 Å². The Hall–Kier alpha value is -2.91. The summed E-state index contributed by atoms with van der Waals surface area (Å²) in [4.78, 5) is 49.4. The number of hydrogen-bond acceptors (Lipinski definition) is 11. The normalized spacial score (nSPS) is 37.1. The van der Waals surface area contributed by atoms with Crippen LogP contribution in [0.25, 0.3) is 6.08 Å². The van der Waals surface area contributed by atoms with E-state index in [9.17, 15) is 24.6 Å². The second kappa shape index (κ2) is 17.6. The maximum absolute atomic E-state index is 15.0. The van der Waals surface area contributed by atoms with E-state index in [0.717, 1.165) is 68.9 Å². The molecule has 4 saturated heterocycles. The van der Waals surface area contributed by atoms with E-state index in [0.29, 0.717) is 36.2 Å². The van der Waals surface area contributed by atoms with Gasteiger partial charge in [0.05, 0.1) is 31.0 Å². The Morgan fingerprint density at radius 2 is 1.67 bits per heavy atom. The van der Waals surface area contributed by atoms with Gasteiger partial charge < -0.3 is 39.8 Å². The molecular weight excluding hydrogens is 779 g/mol. The SMILES string of the molecule is CCCCCC1(CCCCC)O[C@@H]2[C@H](O1)[C@H]1ON(Cc3ccc(C=C4CCC5O[C@]5(C)CC[C@@H]5[C@@H]4CC5(C)C)cc3)[C@@H]3C(=O)O[C@@H]2C[C@]13C(=O)N[C@@H](C(=O)NCCO)[C@H](C)O. The molecule has 0 aromatic heterocycles. The lowest BCUT2D eigenvalue weighted by atomic mass is 9.52. The van der Waals surface area contributed by atoms with Crippen LogP contribution >= 0.6 is 0 Å². The summed E-state index contributed by atoms with van der Waals surface area (Å²) in [5.41, 5.74) is 2.36. The lowest BCUT2D eigenvalue weighted by Gasteiger charge is -2.53. The first kappa shape index (κ1) is 44.7. The molecule has 4 aliphatic heterocycles. The van der Waals surface area contributed by atoms with E-state index in [-0.39, 0.29) is 31.7 Å². The van der Waals surface area contributed by atoms with Gasteiger partial charge in [-0.1, -0.05) is 89.3 Å². The van der Waals surface area contributed by atoms with Crippen LogP contribution in [-0.4, -0.2) is 106 Å². The Kier molecular flexibility index (Phi) is 12.9. The number of aliphatic hydroxyl groups excluding tert-OH is 2. The highest BCUT2D eigenvalue weighted by Gasteiger charge is 2.76. The van der Waals surface area contributed by atoms with Crippen molar-refractivity contribution in [1.29, 1.82) is 0 Å². The van der Waals surface area contributed by atoms with E-state index >= 15 is 0 Å². The number of ether oxygens (including phenoxy) is 4. The van der Waals surface area contributed by atoms with Gasteiger partial charge >= 0.3 is 5.97 Å². The molecule has 2 bridgehead atoms. The number of unbranched alkanes of at least 4 members (excludes halogenated alkanes) is 4. The first-order valence-corrected chi connectivity index (χ1v) is 23.5. The molecule has 4 heterocycles. The number of allylic oxidation sites excluding steroid dienone is 1. The van der Waals surface area contributed by atoms with Gasteiger partial charge in [0, 0.05) is 25.8 Å². The van der Waals surface area contributed by atoms with Crippen molar-refractivity contribution in [3.05, 3.63) is 41.0 Å². The summed E-state index contributed by atoms with van der Waals surface area (Å²) in [5.74, 6) is -1.53. The number of benzene rings is 1. The van der Waals surface area contributed by atoms with Crippen molar-refractivity contribution >= 4 is 23.9 Å². The molecule has 8 rings (SSSR count). The van der Waals surface area contributed by atoms with Gasteiger partial charge in [-0.25, -0.2) is 0 Å². The van der Waals surface area contributed by atoms with Gasteiger partial charge in [-0.15, -0.1) is 0 Å². The summed E-state index contributed by atoms with van der Waals surface area (Å²) in [6, 6.07) is 5.85. The Morgan fingerprint density at radius 1 is 0.967 bits per heavy atom. The third-order valence-electron chi connectivity index (χ3n) is 15.5. The molecule has 3 saturated carbocycles. The van der Waals surface area contributed by atoms with Gasteiger partial charge in [0.1, 0.15) is 35.9 Å². The summed E-state index contributed by atoms with van der Waals surface area (Å²) >= 11 is 0. The van der Waals surface area contributed by atoms with Crippen LogP contribution in [0.4, 0.5) is 0 Å². The summed E-state index contributed by atoms with van der Waals surface area (Å²) < 4.78 is 26.3. The lowest BCUT2D eigenvalue weighted by Crippen LogP contribution is -2.71. The van der Waals surface area contributed by atoms with E-state index in [1.54, 1.807) is 5.06 Å². The van der Waals surface area contributed by atoms with Gasteiger partial charge in [-0.2, -0.15) is 5.06 Å². The molecule has 3 aliphatic carbocycles. The maximum atomic E-state index is 15.0. The number of nitrogens with one attached hydrogen (secondary N) is 2. The number of hydrogen-bond donors (Lipinski definition) is 4. The van der Waals surface area contributed by atoms with Crippen molar-refractivity contribution < 1.29 is 48.4 Å². The molecule has 2 amide bonds. The van der Waals surface area contributed by atoms with Crippen molar-refractivity contribution in [1.82, 2.24) is 15.7 Å². The lowest BCUT2D eigenvalue weighted by molar-refractivity contribution is -0.224. The molecule has 7 fully saturated rings. The smallest absolute Gasteiger partial charge is 0.327 e. The van der Waals surface area contributed by atoms with Crippen molar-refractivity contribution in [3.8, 4) is 0 Å². The van der Waals surface area contributed by atoms with E-state index < -0.39 is 71.6 Å². The first-order chi connectivity index (χ1) is 29.2.